The largest absolute Gasteiger partial charge is 0.264 e. The van der Waals surface area contributed by atoms with Crippen molar-refractivity contribution < 1.29 is 0 Å². The van der Waals surface area contributed by atoms with Gasteiger partial charge < -0.3 is 0 Å². The number of rotatable bonds is 7. The van der Waals surface area contributed by atoms with Gasteiger partial charge in [-0.15, -0.1) is 0 Å². The van der Waals surface area contributed by atoms with Gasteiger partial charge in [-0.3, -0.25) is 9.97 Å². The van der Waals surface area contributed by atoms with E-state index in [1.54, 1.807) is 0 Å². The van der Waals surface area contributed by atoms with Gasteiger partial charge in [0.25, 0.3) is 0 Å². The van der Waals surface area contributed by atoms with Crippen LogP contribution in [0, 0.1) is 11.8 Å². The second-order valence-electron chi connectivity index (χ2n) is 9.21. The van der Waals surface area contributed by atoms with Gasteiger partial charge in [0.15, 0.2) is 0 Å². The molecule has 0 N–H and O–H groups in total. The summed E-state index contributed by atoms with van der Waals surface area (Å²) >= 11 is 0. The number of hydrogen-bond acceptors (Lipinski definition) is 2. The van der Waals surface area contributed by atoms with Crippen molar-refractivity contribution in [2.24, 2.45) is 11.8 Å². The van der Waals surface area contributed by atoms with E-state index in [-0.39, 0.29) is 5.92 Å². The maximum absolute atomic E-state index is 5.15. The molecule has 2 atom stereocenters. The van der Waals surface area contributed by atoms with Crippen molar-refractivity contribution in [1.82, 2.24) is 9.97 Å². The van der Waals surface area contributed by atoms with Gasteiger partial charge in [-0.05, 0) is 52.8 Å². The number of pyridine rings is 2. The Bertz CT molecular complexity index is 1040. The van der Waals surface area contributed by atoms with Crippen molar-refractivity contribution in [3.8, 4) is 11.3 Å². The standard InChI is InChI=1S/C30H32N2/c1-21(2)29(26-15-10-18-31-20-26)25-14-8-13-24(19-25)27-16-9-17-28(32-27)30(22(3)4)23-11-6-5-7-12-23/h5-22,29-30H,1-4H3. The Hall–Kier alpha value is -3.26. The van der Waals surface area contributed by atoms with E-state index in [9.17, 15) is 0 Å². The molecule has 2 aromatic carbocycles. The molecular weight excluding hydrogens is 388 g/mol. The van der Waals surface area contributed by atoms with Gasteiger partial charge in [0, 0.05) is 35.5 Å². The maximum Gasteiger partial charge on any atom is 0.0705 e. The molecule has 4 rings (SSSR count). The van der Waals surface area contributed by atoms with Crippen LogP contribution in [0.2, 0.25) is 0 Å². The molecule has 162 valence electrons. The zero-order valence-corrected chi connectivity index (χ0v) is 19.4. The van der Waals surface area contributed by atoms with E-state index in [0.29, 0.717) is 17.8 Å². The van der Waals surface area contributed by atoms with Crippen LogP contribution in [0.3, 0.4) is 0 Å². The molecule has 0 aliphatic rings. The lowest BCUT2D eigenvalue weighted by Crippen LogP contribution is -2.11. The first kappa shape index (κ1) is 22.0. The fourth-order valence-corrected chi connectivity index (χ4v) is 4.76. The molecule has 0 saturated carbocycles. The molecule has 0 amide bonds. The predicted octanol–water partition coefficient (Wildman–Crippen LogP) is 7.72. The van der Waals surface area contributed by atoms with Gasteiger partial charge in [-0.25, -0.2) is 0 Å². The van der Waals surface area contributed by atoms with Crippen molar-refractivity contribution in [3.05, 3.63) is 120 Å². The highest BCUT2D eigenvalue weighted by atomic mass is 14.7. The normalized spacial score (nSPS) is 13.3. The van der Waals surface area contributed by atoms with Gasteiger partial charge in [0.2, 0.25) is 0 Å². The van der Waals surface area contributed by atoms with Gasteiger partial charge in [0.1, 0.15) is 0 Å². The highest BCUT2D eigenvalue weighted by Gasteiger charge is 2.21. The summed E-state index contributed by atoms with van der Waals surface area (Å²) in [5.41, 5.74) is 7.19. The summed E-state index contributed by atoms with van der Waals surface area (Å²) in [5.74, 6) is 1.51. The molecule has 0 aliphatic carbocycles. The van der Waals surface area contributed by atoms with E-state index < -0.39 is 0 Å². The Kier molecular flexibility index (Phi) is 6.80. The molecule has 0 radical (unpaired) electrons. The zero-order chi connectivity index (χ0) is 22.5. The van der Waals surface area contributed by atoms with E-state index in [1.165, 1.54) is 16.7 Å². The van der Waals surface area contributed by atoms with Crippen LogP contribution < -0.4 is 0 Å². The molecule has 0 fully saturated rings. The lowest BCUT2D eigenvalue weighted by atomic mass is 9.82. The van der Waals surface area contributed by atoms with Crippen LogP contribution in [0.5, 0.6) is 0 Å². The maximum atomic E-state index is 5.15. The van der Waals surface area contributed by atoms with Crippen LogP contribution in [0.15, 0.2) is 97.3 Å². The Balaban J connectivity index is 1.73. The minimum Gasteiger partial charge on any atom is -0.264 e. The summed E-state index contributed by atoms with van der Waals surface area (Å²) in [6, 6.07) is 30.2. The van der Waals surface area contributed by atoms with Crippen LogP contribution >= 0.6 is 0 Å². The number of nitrogens with zero attached hydrogens (tertiary/aromatic N) is 2. The second-order valence-corrected chi connectivity index (χ2v) is 9.21. The first-order valence-electron chi connectivity index (χ1n) is 11.6. The molecule has 2 unspecified atom stereocenters. The van der Waals surface area contributed by atoms with Crippen molar-refractivity contribution in [3.63, 3.8) is 0 Å². The van der Waals surface area contributed by atoms with E-state index in [0.717, 1.165) is 17.0 Å². The third kappa shape index (κ3) is 4.80. The molecule has 0 bridgehead atoms. The van der Waals surface area contributed by atoms with Crippen molar-refractivity contribution in [1.29, 1.82) is 0 Å². The number of hydrogen-bond donors (Lipinski definition) is 0. The molecule has 2 nitrogen and oxygen atoms in total. The van der Waals surface area contributed by atoms with Crippen molar-refractivity contribution >= 4 is 0 Å². The summed E-state index contributed by atoms with van der Waals surface area (Å²) in [6.45, 7) is 9.09. The summed E-state index contributed by atoms with van der Waals surface area (Å²) < 4.78 is 0. The summed E-state index contributed by atoms with van der Waals surface area (Å²) in [5, 5.41) is 0. The monoisotopic (exact) mass is 420 g/mol. The molecular formula is C30H32N2. The number of benzene rings is 2. The van der Waals surface area contributed by atoms with Crippen LogP contribution in [0.1, 0.15) is 61.9 Å². The molecule has 4 aromatic rings. The topological polar surface area (TPSA) is 25.8 Å². The fourth-order valence-electron chi connectivity index (χ4n) is 4.76. The van der Waals surface area contributed by atoms with Gasteiger partial charge in [-0.1, -0.05) is 88.4 Å². The summed E-state index contributed by atoms with van der Waals surface area (Å²) in [7, 11) is 0. The Morgan fingerprint density at radius 1 is 0.594 bits per heavy atom. The molecule has 2 aromatic heterocycles. The van der Waals surface area contributed by atoms with Crippen molar-refractivity contribution in [2.75, 3.05) is 0 Å². The molecule has 2 heterocycles. The summed E-state index contributed by atoms with van der Waals surface area (Å²) in [6.07, 6.45) is 3.83. The average molecular weight is 421 g/mol. The lowest BCUT2D eigenvalue weighted by molar-refractivity contribution is 0.552. The van der Waals surface area contributed by atoms with Crippen LogP contribution in [-0.4, -0.2) is 9.97 Å². The predicted molar refractivity (Wildman–Crippen MR) is 134 cm³/mol. The zero-order valence-electron chi connectivity index (χ0n) is 19.4. The molecule has 0 spiro atoms. The number of aromatic nitrogens is 2. The van der Waals surface area contributed by atoms with E-state index >= 15 is 0 Å². The molecule has 0 aliphatic heterocycles. The summed E-state index contributed by atoms with van der Waals surface area (Å²) in [4.78, 5) is 9.50. The lowest BCUT2D eigenvalue weighted by Gasteiger charge is -2.23. The van der Waals surface area contributed by atoms with Crippen LogP contribution in [-0.2, 0) is 0 Å². The molecule has 2 heteroatoms. The second kappa shape index (κ2) is 9.91. The van der Waals surface area contributed by atoms with E-state index in [2.05, 4.69) is 112 Å². The Morgan fingerprint density at radius 2 is 1.28 bits per heavy atom. The van der Waals surface area contributed by atoms with E-state index in [1.807, 2.05) is 18.5 Å². The van der Waals surface area contributed by atoms with Crippen molar-refractivity contribution in [2.45, 2.75) is 39.5 Å². The van der Waals surface area contributed by atoms with Gasteiger partial charge in [-0.2, -0.15) is 0 Å². The first-order valence-corrected chi connectivity index (χ1v) is 11.6. The highest BCUT2D eigenvalue weighted by molar-refractivity contribution is 5.61. The Morgan fingerprint density at radius 3 is 1.97 bits per heavy atom. The molecule has 0 saturated heterocycles. The van der Waals surface area contributed by atoms with Gasteiger partial charge in [0.05, 0.1) is 5.69 Å². The Labute approximate surface area is 192 Å². The average Bonchev–Trinajstić information content (AvgIpc) is 2.81. The first-order chi connectivity index (χ1) is 15.5. The third-order valence-electron chi connectivity index (χ3n) is 6.17. The van der Waals surface area contributed by atoms with E-state index in [4.69, 9.17) is 4.98 Å². The highest BCUT2D eigenvalue weighted by Crippen LogP contribution is 2.35. The minimum absolute atomic E-state index is 0.276. The van der Waals surface area contributed by atoms with Gasteiger partial charge >= 0.3 is 0 Å². The molecule has 32 heavy (non-hydrogen) atoms. The minimum atomic E-state index is 0.276. The fraction of sp³-hybridized carbons (Fsp3) is 0.267. The van der Waals surface area contributed by atoms with Crippen LogP contribution in [0.25, 0.3) is 11.3 Å². The smallest absolute Gasteiger partial charge is 0.0705 e. The van der Waals surface area contributed by atoms with Crippen LogP contribution in [0.4, 0.5) is 0 Å². The third-order valence-corrected chi connectivity index (χ3v) is 6.17. The quantitative estimate of drug-likeness (QED) is 0.306. The SMILES string of the molecule is CC(C)C(c1cccnc1)c1cccc(-c2cccc(C(c3ccccc3)C(C)C)n2)c1.